The molecule has 2 saturated heterocycles. The van der Waals surface area contributed by atoms with E-state index in [0.717, 1.165) is 17.0 Å². The second-order valence-corrected chi connectivity index (χ2v) is 9.07. The van der Waals surface area contributed by atoms with E-state index < -0.39 is 58.6 Å². The minimum absolute atomic E-state index is 0.0571. The molecule has 2 amide bonds. The van der Waals surface area contributed by atoms with Crippen LogP contribution in [-0.4, -0.2) is 29.0 Å². The molecule has 9 heteroatoms. The van der Waals surface area contributed by atoms with Crippen LogP contribution in [0.5, 0.6) is 0 Å². The Kier molecular flexibility index (Phi) is 4.58. The Balaban J connectivity index is 1.56. The largest absolute Gasteiger partial charge is 0.349 e. The van der Waals surface area contributed by atoms with Crippen molar-refractivity contribution in [2.45, 2.75) is 11.7 Å². The van der Waals surface area contributed by atoms with Crippen molar-refractivity contribution in [1.29, 1.82) is 0 Å². The highest BCUT2D eigenvalue weighted by Gasteiger charge is 2.75. The molecule has 3 aromatic rings. The molecule has 1 aliphatic carbocycles. The monoisotopic (exact) mass is 493 g/mol. The maximum Gasteiger partial charge on any atom is 0.241 e. The van der Waals surface area contributed by atoms with Crippen molar-refractivity contribution in [2.75, 3.05) is 4.90 Å². The molecule has 3 atom stereocenters. The van der Waals surface area contributed by atoms with Gasteiger partial charge in [-0.2, -0.15) is 0 Å². The van der Waals surface area contributed by atoms with Crippen molar-refractivity contribution in [3.8, 4) is 0 Å². The zero-order valence-electron chi connectivity index (χ0n) is 17.7. The van der Waals surface area contributed by atoms with Gasteiger partial charge in [0.25, 0.3) is 0 Å². The van der Waals surface area contributed by atoms with Crippen LogP contribution in [0.25, 0.3) is 0 Å². The molecule has 174 valence electrons. The zero-order valence-corrected chi connectivity index (χ0v) is 18.5. The van der Waals surface area contributed by atoms with Gasteiger partial charge >= 0.3 is 0 Å². The Bertz CT molecular complexity index is 1440. The Morgan fingerprint density at radius 2 is 1.46 bits per heavy atom. The van der Waals surface area contributed by atoms with E-state index in [0.29, 0.717) is 11.1 Å². The number of hydrogen-bond acceptors (Lipinski definition) is 5. The Hall–Kier alpha value is -3.75. The van der Waals surface area contributed by atoms with Crippen LogP contribution in [-0.2, 0) is 14.3 Å². The average molecular weight is 494 g/mol. The Labute approximate surface area is 202 Å². The third kappa shape index (κ3) is 2.78. The third-order valence-electron chi connectivity index (χ3n) is 6.87. The van der Waals surface area contributed by atoms with Crippen LogP contribution in [0.4, 0.5) is 14.5 Å². The highest BCUT2D eigenvalue weighted by molar-refractivity contribution is 6.37. The van der Waals surface area contributed by atoms with Gasteiger partial charge in [-0.3, -0.25) is 19.2 Å². The van der Waals surface area contributed by atoms with Gasteiger partial charge in [-0.15, -0.1) is 0 Å². The SMILES string of the molecule is O=C1[C@@H]2[C@H](c3ccc(F)cc3F)OC3(C(=O)c4ccccc4C3=O)[C@H]2C(=O)N1c1ccc(Cl)cc1. The molecule has 2 heterocycles. The molecule has 35 heavy (non-hydrogen) atoms. The van der Waals surface area contributed by atoms with Crippen LogP contribution >= 0.6 is 11.6 Å². The van der Waals surface area contributed by atoms with Crippen molar-refractivity contribution in [1.82, 2.24) is 0 Å². The molecule has 3 aliphatic rings. The number of hydrogen-bond donors (Lipinski definition) is 0. The summed E-state index contributed by atoms with van der Waals surface area (Å²) in [5.41, 5.74) is -2.27. The molecular formula is C26H14ClF2NO5. The number of nitrogens with zero attached hydrogens (tertiary/aromatic N) is 1. The third-order valence-corrected chi connectivity index (χ3v) is 7.12. The normalized spacial score (nSPS) is 24.4. The molecule has 0 radical (unpaired) electrons. The van der Waals surface area contributed by atoms with E-state index in [1.165, 1.54) is 36.4 Å². The number of rotatable bonds is 2. The molecule has 1 spiro atoms. The van der Waals surface area contributed by atoms with Gasteiger partial charge in [-0.1, -0.05) is 41.9 Å². The highest BCUT2D eigenvalue weighted by Crippen LogP contribution is 2.58. The maximum atomic E-state index is 14.9. The molecule has 0 unspecified atom stereocenters. The molecule has 0 aromatic heterocycles. The second-order valence-electron chi connectivity index (χ2n) is 8.64. The first-order valence-corrected chi connectivity index (χ1v) is 11.1. The number of anilines is 1. The number of Topliss-reactive ketones (excluding diaryl/α,β-unsaturated/α-hetero) is 2. The van der Waals surface area contributed by atoms with Crippen molar-refractivity contribution >= 4 is 40.7 Å². The predicted molar refractivity (Wildman–Crippen MR) is 119 cm³/mol. The first-order valence-electron chi connectivity index (χ1n) is 10.7. The summed E-state index contributed by atoms with van der Waals surface area (Å²) < 4.78 is 34.5. The van der Waals surface area contributed by atoms with Gasteiger partial charge in [0.05, 0.1) is 23.6 Å². The Morgan fingerprint density at radius 3 is 2.06 bits per heavy atom. The molecule has 3 aromatic carbocycles. The van der Waals surface area contributed by atoms with Crippen LogP contribution in [0.15, 0.2) is 66.7 Å². The number of benzene rings is 3. The van der Waals surface area contributed by atoms with E-state index >= 15 is 0 Å². The van der Waals surface area contributed by atoms with Gasteiger partial charge in [0.1, 0.15) is 11.6 Å². The van der Waals surface area contributed by atoms with E-state index in [4.69, 9.17) is 16.3 Å². The van der Waals surface area contributed by atoms with Gasteiger partial charge in [0.15, 0.2) is 0 Å². The summed E-state index contributed by atoms with van der Waals surface area (Å²) in [5, 5.41) is 0.371. The lowest BCUT2D eigenvalue weighted by molar-refractivity contribution is -0.127. The number of amides is 2. The number of carbonyl (C=O) groups excluding carboxylic acids is 4. The van der Waals surface area contributed by atoms with Gasteiger partial charge in [0.2, 0.25) is 29.0 Å². The molecule has 0 N–H and O–H groups in total. The van der Waals surface area contributed by atoms with Crippen LogP contribution in [0, 0.1) is 23.5 Å². The lowest BCUT2D eigenvalue weighted by Crippen LogP contribution is -2.51. The summed E-state index contributed by atoms with van der Waals surface area (Å²) in [7, 11) is 0. The van der Waals surface area contributed by atoms with Crippen molar-refractivity contribution in [3.63, 3.8) is 0 Å². The van der Waals surface area contributed by atoms with Crippen LogP contribution < -0.4 is 4.90 Å². The quantitative estimate of drug-likeness (QED) is 0.392. The summed E-state index contributed by atoms with van der Waals surface area (Å²) in [6, 6.07) is 14.6. The second kappa shape index (κ2) is 7.37. The summed E-state index contributed by atoms with van der Waals surface area (Å²) in [4.78, 5) is 55.5. The van der Waals surface area contributed by atoms with Crippen molar-refractivity contribution in [2.24, 2.45) is 11.8 Å². The highest BCUT2D eigenvalue weighted by atomic mass is 35.5. The summed E-state index contributed by atoms with van der Waals surface area (Å²) in [6.07, 6.45) is -1.48. The van der Waals surface area contributed by atoms with E-state index in [1.54, 1.807) is 12.1 Å². The number of imide groups is 1. The van der Waals surface area contributed by atoms with Gasteiger partial charge < -0.3 is 4.74 Å². The first-order chi connectivity index (χ1) is 16.8. The molecular weight excluding hydrogens is 480 g/mol. The lowest BCUT2D eigenvalue weighted by atomic mass is 9.77. The van der Waals surface area contributed by atoms with Crippen molar-refractivity contribution < 1.29 is 32.7 Å². The molecule has 2 fully saturated rings. The number of ether oxygens (including phenoxy) is 1. The van der Waals surface area contributed by atoms with Gasteiger partial charge in [-0.05, 0) is 30.3 Å². The maximum absolute atomic E-state index is 14.9. The average Bonchev–Trinajstić information content (AvgIpc) is 3.40. The fourth-order valence-corrected chi connectivity index (χ4v) is 5.50. The molecule has 6 nitrogen and oxygen atoms in total. The van der Waals surface area contributed by atoms with Gasteiger partial charge in [0, 0.05) is 27.8 Å². The van der Waals surface area contributed by atoms with Crippen LogP contribution in [0.3, 0.4) is 0 Å². The van der Waals surface area contributed by atoms with E-state index in [-0.39, 0.29) is 22.4 Å². The molecule has 2 aliphatic heterocycles. The van der Waals surface area contributed by atoms with E-state index in [2.05, 4.69) is 0 Å². The fraction of sp³-hybridized carbons (Fsp3) is 0.154. The fourth-order valence-electron chi connectivity index (χ4n) is 5.38. The summed E-state index contributed by atoms with van der Waals surface area (Å²) in [5.74, 6) is -7.91. The van der Waals surface area contributed by atoms with Crippen molar-refractivity contribution in [3.05, 3.63) is 100 Å². The lowest BCUT2D eigenvalue weighted by Gasteiger charge is -2.27. The number of halogens is 3. The minimum atomic E-state index is -2.34. The predicted octanol–water partition coefficient (Wildman–Crippen LogP) is 4.31. The summed E-state index contributed by atoms with van der Waals surface area (Å²) >= 11 is 5.94. The van der Waals surface area contributed by atoms with Crippen LogP contribution in [0.1, 0.15) is 32.4 Å². The van der Waals surface area contributed by atoms with E-state index in [9.17, 15) is 28.0 Å². The smallest absolute Gasteiger partial charge is 0.241 e. The first kappa shape index (κ1) is 21.8. The molecule has 6 rings (SSSR count). The number of ketones is 2. The Morgan fingerprint density at radius 1 is 0.829 bits per heavy atom. The number of carbonyl (C=O) groups is 4. The number of fused-ring (bicyclic) bond motifs is 3. The van der Waals surface area contributed by atoms with Crippen LogP contribution in [0.2, 0.25) is 5.02 Å². The minimum Gasteiger partial charge on any atom is -0.349 e. The van der Waals surface area contributed by atoms with E-state index in [1.807, 2.05) is 0 Å². The topological polar surface area (TPSA) is 80.8 Å². The summed E-state index contributed by atoms with van der Waals surface area (Å²) in [6.45, 7) is 0. The standard InChI is InChI=1S/C26H14ClF2NO5/c27-12-5-8-14(9-6-12)30-24(33)19-20(25(30)34)26(22(31)15-3-1-2-4-16(15)23(26)32)35-21(19)17-10-7-13(28)11-18(17)29/h1-11,19-21H/t19-,20+,21-/m0/s1. The zero-order chi connectivity index (χ0) is 24.6. The molecule has 0 bridgehead atoms. The molecule has 0 saturated carbocycles. The van der Waals surface area contributed by atoms with Gasteiger partial charge in [-0.25, -0.2) is 13.7 Å².